The third kappa shape index (κ3) is 4.91. The van der Waals surface area contributed by atoms with E-state index in [2.05, 4.69) is 53.4 Å². The molecule has 0 radical (unpaired) electrons. The highest BCUT2D eigenvalue weighted by molar-refractivity contribution is 6.60. The standard InChI is InChI=1S/C19H27NO3Si/c1-21-24(22-2,23-3)17-11-10-16-20(18-12-6-4-7-13-18)19-14-8-5-9-15-19/h4-9,12-15H,10-11,16-17H2,1-3H3. The van der Waals surface area contributed by atoms with E-state index in [0.29, 0.717) is 0 Å². The van der Waals surface area contributed by atoms with Crippen molar-refractivity contribution in [2.75, 3.05) is 32.8 Å². The molecule has 4 nitrogen and oxygen atoms in total. The molecule has 5 heteroatoms. The van der Waals surface area contributed by atoms with E-state index in [1.165, 1.54) is 11.4 Å². The zero-order valence-corrected chi connectivity index (χ0v) is 15.8. The lowest BCUT2D eigenvalue weighted by Crippen LogP contribution is -2.42. The van der Waals surface area contributed by atoms with Gasteiger partial charge in [-0.25, -0.2) is 0 Å². The molecule has 0 heterocycles. The van der Waals surface area contributed by atoms with Crippen molar-refractivity contribution in [3.05, 3.63) is 60.7 Å². The minimum absolute atomic E-state index is 0.827. The average Bonchev–Trinajstić information content (AvgIpc) is 2.67. The van der Waals surface area contributed by atoms with Crippen LogP contribution in [0.15, 0.2) is 60.7 Å². The Morgan fingerprint density at radius 3 is 1.58 bits per heavy atom. The number of anilines is 2. The Labute approximate surface area is 146 Å². The van der Waals surface area contributed by atoms with Crippen LogP contribution in [-0.2, 0) is 13.3 Å². The summed E-state index contributed by atoms with van der Waals surface area (Å²) in [6.07, 6.45) is 2.03. The van der Waals surface area contributed by atoms with Gasteiger partial charge in [-0.05, 0) is 37.1 Å². The maximum absolute atomic E-state index is 5.49. The minimum atomic E-state index is -2.47. The molecule has 0 N–H and O–H groups in total. The molecule has 0 amide bonds. The molecule has 0 bridgehead atoms. The molecule has 0 saturated carbocycles. The van der Waals surface area contributed by atoms with Gasteiger partial charge in [0, 0.05) is 45.3 Å². The molecule has 130 valence electrons. The maximum atomic E-state index is 5.49. The largest absolute Gasteiger partial charge is 0.500 e. The van der Waals surface area contributed by atoms with Crippen molar-refractivity contribution < 1.29 is 13.3 Å². The van der Waals surface area contributed by atoms with Crippen LogP contribution in [0.5, 0.6) is 0 Å². The van der Waals surface area contributed by atoms with Gasteiger partial charge < -0.3 is 18.2 Å². The molecule has 2 aromatic carbocycles. The van der Waals surface area contributed by atoms with Gasteiger partial charge in [0.05, 0.1) is 0 Å². The molecule has 24 heavy (non-hydrogen) atoms. The summed E-state index contributed by atoms with van der Waals surface area (Å²) >= 11 is 0. The van der Waals surface area contributed by atoms with Crippen molar-refractivity contribution in [2.24, 2.45) is 0 Å². The highest BCUT2D eigenvalue weighted by atomic mass is 28.4. The van der Waals surface area contributed by atoms with Crippen LogP contribution in [0.1, 0.15) is 12.8 Å². The van der Waals surface area contributed by atoms with Crippen LogP contribution < -0.4 is 4.90 Å². The molecule has 0 fully saturated rings. The first-order chi connectivity index (χ1) is 11.7. The number of para-hydroxylation sites is 2. The molecular formula is C19H27NO3Si. The van der Waals surface area contributed by atoms with E-state index in [4.69, 9.17) is 13.3 Å². The topological polar surface area (TPSA) is 30.9 Å². The molecule has 0 spiro atoms. The Balaban J connectivity index is 2.00. The van der Waals surface area contributed by atoms with Crippen molar-refractivity contribution in [1.29, 1.82) is 0 Å². The van der Waals surface area contributed by atoms with Crippen molar-refractivity contribution in [1.82, 2.24) is 0 Å². The van der Waals surface area contributed by atoms with Gasteiger partial charge in [0.25, 0.3) is 0 Å². The van der Waals surface area contributed by atoms with Crippen molar-refractivity contribution >= 4 is 20.2 Å². The summed E-state index contributed by atoms with van der Waals surface area (Å²) in [6, 6.07) is 21.8. The third-order valence-electron chi connectivity index (χ3n) is 4.18. The Morgan fingerprint density at radius 1 is 0.708 bits per heavy atom. The first-order valence-electron chi connectivity index (χ1n) is 8.28. The Morgan fingerprint density at radius 2 is 1.17 bits per heavy atom. The van der Waals surface area contributed by atoms with Crippen LogP contribution in [0.25, 0.3) is 0 Å². The number of nitrogens with zero attached hydrogens (tertiary/aromatic N) is 1. The fraction of sp³-hybridized carbons (Fsp3) is 0.368. The van der Waals surface area contributed by atoms with E-state index in [0.717, 1.165) is 25.4 Å². The molecule has 2 aromatic rings. The van der Waals surface area contributed by atoms with Gasteiger partial charge in [0.2, 0.25) is 0 Å². The highest BCUT2D eigenvalue weighted by Gasteiger charge is 2.36. The molecule has 0 saturated heterocycles. The molecule has 0 aliphatic carbocycles. The predicted molar refractivity (Wildman–Crippen MR) is 101 cm³/mol. The molecule has 0 atom stereocenters. The lowest BCUT2D eigenvalue weighted by Gasteiger charge is -2.27. The second-order valence-electron chi connectivity index (χ2n) is 5.58. The van der Waals surface area contributed by atoms with E-state index < -0.39 is 8.80 Å². The Bertz CT molecular complexity index is 528. The number of benzene rings is 2. The van der Waals surface area contributed by atoms with Crippen LogP contribution >= 0.6 is 0 Å². The Hall–Kier alpha value is -1.66. The summed E-state index contributed by atoms with van der Waals surface area (Å²) in [6.45, 7) is 0.940. The summed E-state index contributed by atoms with van der Waals surface area (Å²) in [5.41, 5.74) is 2.41. The lowest BCUT2D eigenvalue weighted by molar-refractivity contribution is 0.123. The molecule has 2 rings (SSSR count). The second-order valence-corrected chi connectivity index (χ2v) is 8.67. The first kappa shape index (κ1) is 18.7. The fourth-order valence-corrected chi connectivity index (χ4v) is 4.59. The molecule has 0 aromatic heterocycles. The van der Waals surface area contributed by atoms with Crippen LogP contribution in [0.3, 0.4) is 0 Å². The Kier molecular flexibility index (Phi) is 7.46. The molecule has 0 aliphatic rings. The maximum Gasteiger partial charge on any atom is 0.500 e. The number of rotatable bonds is 10. The fourth-order valence-electron chi connectivity index (χ4n) is 2.79. The molecular weight excluding hydrogens is 318 g/mol. The summed E-state index contributed by atoms with van der Waals surface area (Å²) in [7, 11) is 2.53. The predicted octanol–water partition coefficient (Wildman–Crippen LogP) is 4.48. The number of hydrogen-bond donors (Lipinski definition) is 0. The van der Waals surface area contributed by atoms with Crippen LogP contribution in [0.2, 0.25) is 6.04 Å². The normalized spacial score (nSPS) is 11.5. The van der Waals surface area contributed by atoms with Crippen molar-refractivity contribution in [3.8, 4) is 0 Å². The van der Waals surface area contributed by atoms with Gasteiger partial charge in [-0.2, -0.15) is 0 Å². The second kappa shape index (κ2) is 9.59. The smallest absolute Gasteiger partial charge is 0.377 e. The first-order valence-corrected chi connectivity index (χ1v) is 10.2. The zero-order chi connectivity index (χ0) is 17.3. The monoisotopic (exact) mass is 345 g/mol. The summed E-state index contributed by atoms with van der Waals surface area (Å²) < 4.78 is 16.5. The van der Waals surface area contributed by atoms with Gasteiger partial charge in [0.1, 0.15) is 0 Å². The quantitative estimate of drug-likeness (QED) is 0.469. The van der Waals surface area contributed by atoms with E-state index in [1.54, 1.807) is 21.3 Å². The van der Waals surface area contributed by atoms with Crippen molar-refractivity contribution in [3.63, 3.8) is 0 Å². The summed E-state index contributed by atoms with van der Waals surface area (Å²) in [4.78, 5) is 2.34. The number of hydrogen-bond acceptors (Lipinski definition) is 4. The third-order valence-corrected chi connectivity index (χ3v) is 7.02. The van der Waals surface area contributed by atoms with Gasteiger partial charge in [0.15, 0.2) is 0 Å². The van der Waals surface area contributed by atoms with Gasteiger partial charge >= 0.3 is 8.80 Å². The zero-order valence-electron chi connectivity index (χ0n) is 14.8. The van der Waals surface area contributed by atoms with E-state index in [9.17, 15) is 0 Å². The van der Waals surface area contributed by atoms with E-state index in [-0.39, 0.29) is 0 Å². The minimum Gasteiger partial charge on any atom is -0.377 e. The highest BCUT2D eigenvalue weighted by Crippen LogP contribution is 2.26. The average molecular weight is 346 g/mol. The molecule has 0 unspecified atom stereocenters. The SMILES string of the molecule is CO[Si](CCCCN(c1ccccc1)c1ccccc1)(OC)OC. The number of unbranched alkanes of at least 4 members (excludes halogenated alkanes) is 1. The van der Waals surface area contributed by atoms with E-state index >= 15 is 0 Å². The van der Waals surface area contributed by atoms with Gasteiger partial charge in [-0.15, -0.1) is 0 Å². The van der Waals surface area contributed by atoms with Crippen LogP contribution in [0.4, 0.5) is 11.4 Å². The van der Waals surface area contributed by atoms with Crippen LogP contribution in [0, 0.1) is 0 Å². The lowest BCUT2D eigenvalue weighted by atomic mass is 10.2. The molecule has 0 aliphatic heterocycles. The summed E-state index contributed by atoms with van der Waals surface area (Å²) in [5, 5.41) is 0. The summed E-state index contributed by atoms with van der Waals surface area (Å²) in [5.74, 6) is 0. The van der Waals surface area contributed by atoms with Crippen molar-refractivity contribution in [2.45, 2.75) is 18.9 Å². The van der Waals surface area contributed by atoms with Gasteiger partial charge in [-0.3, -0.25) is 0 Å². The van der Waals surface area contributed by atoms with E-state index in [1.807, 2.05) is 12.1 Å². The van der Waals surface area contributed by atoms with Crippen LogP contribution in [-0.4, -0.2) is 36.7 Å². The van der Waals surface area contributed by atoms with Gasteiger partial charge in [-0.1, -0.05) is 36.4 Å².